The second-order valence-electron chi connectivity index (χ2n) is 5.18. The molecule has 0 saturated carbocycles. The summed E-state index contributed by atoms with van der Waals surface area (Å²) in [5.41, 5.74) is 0. The maximum Gasteiger partial charge on any atom is 0.0550 e. The van der Waals surface area contributed by atoms with E-state index in [0.29, 0.717) is 12.2 Å². The van der Waals surface area contributed by atoms with Crippen molar-refractivity contribution < 1.29 is 4.74 Å². The molecule has 0 aromatic carbocycles. The molecule has 0 heterocycles. The van der Waals surface area contributed by atoms with Crippen molar-refractivity contribution in [3.63, 3.8) is 0 Å². The van der Waals surface area contributed by atoms with Crippen LogP contribution in [0.3, 0.4) is 0 Å². The fraction of sp³-hybridized carbons (Fsp3) is 1.00. The Morgan fingerprint density at radius 3 is 1.35 bits per heavy atom. The lowest BCUT2D eigenvalue weighted by molar-refractivity contribution is -0.00214. The van der Waals surface area contributed by atoms with E-state index in [1.165, 1.54) is 0 Å². The summed E-state index contributed by atoms with van der Waals surface area (Å²) in [6, 6.07) is 0. The molecule has 4 unspecified atom stereocenters. The van der Waals surface area contributed by atoms with Crippen molar-refractivity contribution >= 4 is 23.2 Å². The lowest BCUT2D eigenvalue weighted by atomic mass is 10.1. The van der Waals surface area contributed by atoms with Crippen LogP contribution in [0.2, 0.25) is 0 Å². The van der Waals surface area contributed by atoms with Gasteiger partial charge >= 0.3 is 0 Å². The highest BCUT2D eigenvalue weighted by molar-refractivity contribution is 6.20. The lowest BCUT2D eigenvalue weighted by Crippen LogP contribution is -2.17. The van der Waals surface area contributed by atoms with Crippen molar-refractivity contribution in [1.29, 1.82) is 0 Å². The molecule has 0 aliphatic rings. The van der Waals surface area contributed by atoms with E-state index in [0.717, 1.165) is 38.5 Å². The molecule has 0 rings (SSSR count). The number of halogens is 2. The van der Waals surface area contributed by atoms with E-state index in [-0.39, 0.29) is 10.8 Å². The first-order chi connectivity index (χ1) is 7.91. The monoisotopic (exact) mass is 282 g/mol. The van der Waals surface area contributed by atoms with E-state index >= 15 is 0 Å². The number of hydrogen-bond donors (Lipinski definition) is 0. The third kappa shape index (κ3) is 12.8. The molecule has 17 heavy (non-hydrogen) atoms. The van der Waals surface area contributed by atoms with Crippen LogP contribution < -0.4 is 0 Å². The Bertz CT molecular complexity index is 154. The van der Waals surface area contributed by atoms with Crippen molar-refractivity contribution in [2.45, 2.75) is 89.2 Å². The summed E-state index contributed by atoms with van der Waals surface area (Å²) in [6.45, 7) is 8.39. The fourth-order valence-electron chi connectivity index (χ4n) is 1.91. The predicted molar refractivity (Wildman–Crippen MR) is 78.3 cm³/mol. The van der Waals surface area contributed by atoms with Crippen molar-refractivity contribution in [2.24, 2.45) is 0 Å². The highest BCUT2D eigenvalue weighted by Gasteiger charge is 2.09. The molecule has 0 N–H and O–H groups in total. The van der Waals surface area contributed by atoms with Gasteiger partial charge in [-0.05, 0) is 66.2 Å². The second-order valence-corrected chi connectivity index (χ2v) is 6.67. The maximum atomic E-state index is 5.93. The van der Waals surface area contributed by atoms with Crippen LogP contribution in [0.1, 0.15) is 66.2 Å². The van der Waals surface area contributed by atoms with Gasteiger partial charge in [0, 0.05) is 10.8 Å². The van der Waals surface area contributed by atoms with E-state index < -0.39 is 0 Å². The molecule has 0 aromatic rings. The Morgan fingerprint density at radius 2 is 1.06 bits per heavy atom. The van der Waals surface area contributed by atoms with Gasteiger partial charge in [0.15, 0.2) is 0 Å². The van der Waals surface area contributed by atoms with E-state index in [1.54, 1.807) is 0 Å². The highest BCUT2D eigenvalue weighted by Crippen LogP contribution is 2.15. The van der Waals surface area contributed by atoms with Gasteiger partial charge in [0.05, 0.1) is 12.2 Å². The van der Waals surface area contributed by atoms with E-state index in [1.807, 2.05) is 13.8 Å². The van der Waals surface area contributed by atoms with Gasteiger partial charge in [-0.1, -0.05) is 0 Å². The molecule has 104 valence electrons. The smallest absolute Gasteiger partial charge is 0.0550 e. The van der Waals surface area contributed by atoms with E-state index in [4.69, 9.17) is 27.9 Å². The summed E-state index contributed by atoms with van der Waals surface area (Å²) in [4.78, 5) is 0. The first-order valence-corrected chi connectivity index (χ1v) is 7.72. The van der Waals surface area contributed by atoms with Gasteiger partial charge < -0.3 is 4.74 Å². The number of alkyl halides is 2. The summed E-state index contributed by atoms with van der Waals surface area (Å²) < 4.78 is 5.93. The lowest BCUT2D eigenvalue weighted by Gasteiger charge is -2.19. The topological polar surface area (TPSA) is 9.23 Å². The van der Waals surface area contributed by atoms with Gasteiger partial charge in [-0.3, -0.25) is 0 Å². The van der Waals surface area contributed by atoms with Crippen LogP contribution in [0, 0.1) is 0 Å². The van der Waals surface area contributed by atoms with Crippen LogP contribution in [-0.2, 0) is 4.74 Å². The highest BCUT2D eigenvalue weighted by atomic mass is 35.5. The maximum absolute atomic E-state index is 5.93. The molecule has 0 aromatic heterocycles. The molecule has 0 aliphatic carbocycles. The zero-order chi connectivity index (χ0) is 13.3. The van der Waals surface area contributed by atoms with Crippen LogP contribution in [-0.4, -0.2) is 23.0 Å². The predicted octanol–water partition coefficient (Wildman–Crippen LogP) is 5.38. The minimum Gasteiger partial charge on any atom is -0.376 e. The Labute approximate surface area is 117 Å². The van der Waals surface area contributed by atoms with Crippen molar-refractivity contribution in [3.05, 3.63) is 0 Å². The van der Waals surface area contributed by atoms with Crippen LogP contribution >= 0.6 is 23.2 Å². The Hall–Kier alpha value is 0.540. The molecule has 3 heteroatoms. The average Bonchev–Trinajstić information content (AvgIpc) is 2.15. The number of hydrogen-bond acceptors (Lipinski definition) is 1. The van der Waals surface area contributed by atoms with Gasteiger partial charge in [0.25, 0.3) is 0 Å². The third-order valence-electron chi connectivity index (χ3n) is 2.89. The summed E-state index contributed by atoms with van der Waals surface area (Å²) in [6.07, 6.45) is 7.35. The molecule has 1 nitrogen and oxygen atoms in total. The van der Waals surface area contributed by atoms with Crippen LogP contribution in [0.4, 0.5) is 0 Å². The normalized spacial score (nSPS) is 18.7. The van der Waals surface area contributed by atoms with Gasteiger partial charge in [0.2, 0.25) is 0 Å². The minimum atomic E-state index is 0.282. The molecule has 0 radical (unpaired) electrons. The molecule has 0 bridgehead atoms. The average molecular weight is 283 g/mol. The van der Waals surface area contributed by atoms with Crippen molar-refractivity contribution in [3.8, 4) is 0 Å². The van der Waals surface area contributed by atoms with Gasteiger partial charge in [-0.25, -0.2) is 0 Å². The van der Waals surface area contributed by atoms with Gasteiger partial charge in [-0.2, -0.15) is 0 Å². The van der Waals surface area contributed by atoms with Gasteiger partial charge in [0.1, 0.15) is 0 Å². The van der Waals surface area contributed by atoms with Gasteiger partial charge in [-0.15, -0.1) is 23.2 Å². The van der Waals surface area contributed by atoms with Crippen LogP contribution in [0.25, 0.3) is 0 Å². The molecule has 0 spiro atoms. The Balaban J connectivity index is 3.48. The number of ether oxygens (including phenoxy) is 1. The molecule has 4 atom stereocenters. The molecule has 0 fully saturated rings. The summed E-state index contributed by atoms with van der Waals surface area (Å²) in [7, 11) is 0. The van der Waals surface area contributed by atoms with E-state index in [9.17, 15) is 0 Å². The largest absolute Gasteiger partial charge is 0.376 e. The second kappa shape index (κ2) is 10.5. The van der Waals surface area contributed by atoms with Crippen molar-refractivity contribution in [2.75, 3.05) is 0 Å². The molecule has 0 amide bonds. The Morgan fingerprint density at radius 1 is 0.706 bits per heavy atom. The molecular formula is C14H28Cl2O. The quantitative estimate of drug-likeness (QED) is 0.489. The SMILES string of the molecule is CC(Cl)CCCC(C)OC(C)CCCC(C)Cl. The number of rotatable bonds is 10. The van der Waals surface area contributed by atoms with Crippen molar-refractivity contribution in [1.82, 2.24) is 0 Å². The minimum absolute atomic E-state index is 0.282. The van der Waals surface area contributed by atoms with Crippen LogP contribution in [0.5, 0.6) is 0 Å². The molecule has 0 saturated heterocycles. The summed E-state index contributed by atoms with van der Waals surface area (Å²) >= 11 is 11.8. The fourth-order valence-corrected chi connectivity index (χ4v) is 2.21. The Kier molecular flexibility index (Phi) is 10.8. The van der Waals surface area contributed by atoms with Crippen LogP contribution in [0.15, 0.2) is 0 Å². The zero-order valence-electron chi connectivity index (χ0n) is 11.7. The standard InChI is InChI=1S/C14H28Cl2O/c1-11(15)7-5-9-13(3)17-14(4)10-6-8-12(2)16/h11-14H,5-10H2,1-4H3. The molecule has 0 aliphatic heterocycles. The third-order valence-corrected chi connectivity index (χ3v) is 3.33. The summed E-state index contributed by atoms with van der Waals surface area (Å²) in [5.74, 6) is 0. The first-order valence-electron chi connectivity index (χ1n) is 6.85. The zero-order valence-corrected chi connectivity index (χ0v) is 13.2. The molecular weight excluding hydrogens is 255 g/mol. The first kappa shape index (κ1) is 17.5. The van der Waals surface area contributed by atoms with E-state index in [2.05, 4.69) is 13.8 Å². The summed E-state index contributed by atoms with van der Waals surface area (Å²) in [5, 5.41) is 0.565.